The summed E-state index contributed by atoms with van der Waals surface area (Å²) in [5.41, 5.74) is 1.60. The first-order chi connectivity index (χ1) is 14.4. The summed E-state index contributed by atoms with van der Waals surface area (Å²) in [5, 5.41) is 0.542. The minimum Gasteiger partial charge on any atom is -0.378 e. The quantitative estimate of drug-likeness (QED) is 0.687. The van der Waals surface area contributed by atoms with Gasteiger partial charge in [-0.15, -0.1) is 0 Å². The first-order valence-electron chi connectivity index (χ1n) is 10.1. The van der Waals surface area contributed by atoms with Gasteiger partial charge in [0, 0.05) is 56.1 Å². The maximum Gasteiger partial charge on any atom is 0.227 e. The van der Waals surface area contributed by atoms with Gasteiger partial charge in [-0.2, -0.15) is 9.29 Å². The van der Waals surface area contributed by atoms with Crippen molar-refractivity contribution in [2.45, 2.75) is 12.7 Å². The fraction of sp³-hybridized carbons (Fsp3) is 0.500. The summed E-state index contributed by atoms with van der Waals surface area (Å²) in [7, 11) is -3.41. The summed E-state index contributed by atoms with van der Waals surface area (Å²) in [6, 6.07) is 8.98. The van der Waals surface area contributed by atoms with Crippen molar-refractivity contribution in [3.63, 3.8) is 0 Å². The lowest BCUT2D eigenvalue weighted by molar-refractivity contribution is 0.122. The normalized spacial score (nSPS) is 18.6. The Labute approximate surface area is 182 Å². The van der Waals surface area contributed by atoms with Crippen LogP contribution in [-0.4, -0.2) is 75.2 Å². The van der Waals surface area contributed by atoms with E-state index in [1.54, 1.807) is 28.6 Å². The SMILES string of the molecule is Cc1cc(N2CCOCC2)nc(N2CCN(S(=O)(=O)Cc3cccc(Cl)c3)CC2)n1. The third-order valence-electron chi connectivity index (χ3n) is 5.32. The number of aromatic nitrogens is 2. The highest BCUT2D eigenvalue weighted by Crippen LogP contribution is 2.21. The van der Waals surface area contributed by atoms with Crippen molar-refractivity contribution in [2.75, 3.05) is 62.3 Å². The number of ether oxygens (including phenoxy) is 1. The fourth-order valence-electron chi connectivity index (χ4n) is 3.73. The molecule has 0 saturated carbocycles. The molecule has 0 atom stereocenters. The number of anilines is 2. The molecule has 0 unspecified atom stereocenters. The number of hydrogen-bond acceptors (Lipinski definition) is 7. The number of aryl methyl sites for hydroxylation is 1. The topological polar surface area (TPSA) is 78.9 Å². The maximum atomic E-state index is 12.8. The Bertz CT molecular complexity index is 990. The van der Waals surface area contributed by atoms with Crippen LogP contribution >= 0.6 is 11.6 Å². The first kappa shape index (κ1) is 21.3. The van der Waals surface area contributed by atoms with E-state index in [0.29, 0.717) is 55.9 Å². The van der Waals surface area contributed by atoms with E-state index in [0.717, 1.165) is 24.6 Å². The van der Waals surface area contributed by atoms with Crippen LogP contribution in [-0.2, 0) is 20.5 Å². The van der Waals surface area contributed by atoms with Gasteiger partial charge in [-0.3, -0.25) is 0 Å². The molecule has 0 bridgehead atoms. The van der Waals surface area contributed by atoms with Gasteiger partial charge in [0.05, 0.1) is 19.0 Å². The minimum absolute atomic E-state index is 0.0459. The number of piperazine rings is 1. The summed E-state index contributed by atoms with van der Waals surface area (Å²) in [5.74, 6) is 1.51. The average molecular weight is 452 g/mol. The molecule has 0 spiro atoms. The van der Waals surface area contributed by atoms with Crippen LogP contribution in [0.25, 0.3) is 0 Å². The van der Waals surface area contributed by atoms with Crippen LogP contribution in [0.3, 0.4) is 0 Å². The van der Waals surface area contributed by atoms with Crippen LogP contribution in [0.2, 0.25) is 5.02 Å². The zero-order valence-electron chi connectivity index (χ0n) is 17.0. The van der Waals surface area contributed by atoms with E-state index in [1.807, 2.05) is 13.0 Å². The molecular weight excluding hydrogens is 426 g/mol. The molecule has 1 aromatic heterocycles. The molecule has 4 rings (SSSR count). The van der Waals surface area contributed by atoms with E-state index in [2.05, 4.69) is 14.8 Å². The highest BCUT2D eigenvalue weighted by molar-refractivity contribution is 7.88. The molecule has 162 valence electrons. The Morgan fingerprint density at radius 3 is 2.43 bits per heavy atom. The maximum absolute atomic E-state index is 12.8. The number of halogens is 1. The molecule has 2 fully saturated rings. The molecule has 0 N–H and O–H groups in total. The van der Waals surface area contributed by atoms with Crippen molar-refractivity contribution in [3.05, 3.63) is 46.6 Å². The minimum atomic E-state index is -3.41. The number of nitrogens with zero attached hydrogens (tertiary/aromatic N) is 5. The lowest BCUT2D eigenvalue weighted by atomic mass is 10.2. The second-order valence-electron chi connectivity index (χ2n) is 7.54. The van der Waals surface area contributed by atoms with E-state index < -0.39 is 10.0 Å². The van der Waals surface area contributed by atoms with Crippen molar-refractivity contribution < 1.29 is 13.2 Å². The summed E-state index contributed by atoms with van der Waals surface area (Å²) >= 11 is 5.99. The number of sulfonamides is 1. The molecule has 2 aliphatic heterocycles. The van der Waals surface area contributed by atoms with E-state index in [9.17, 15) is 8.42 Å². The Morgan fingerprint density at radius 1 is 1.00 bits per heavy atom. The average Bonchev–Trinajstić information content (AvgIpc) is 2.74. The van der Waals surface area contributed by atoms with Crippen molar-refractivity contribution in [3.8, 4) is 0 Å². The monoisotopic (exact) mass is 451 g/mol. The smallest absolute Gasteiger partial charge is 0.227 e. The molecule has 30 heavy (non-hydrogen) atoms. The van der Waals surface area contributed by atoms with Crippen LogP contribution < -0.4 is 9.80 Å². The van der Waals surface area contributed by atoms with E-state index in [4.69, 9.17) is 21.3 Å². The molecule has 10 heteroatoms. The van der Waals surface area contributed by atoms with E-state index in [1.165, 1.54) is 0 Å². The summed E-state index contributed by atoms with van der Waals surface area (Å²) < 4.78 is 32.6. The third kappa shape index (κ3) is 5.03. The Kier molecular flexibility index (Phi) is 6.43. The fourth-order valence-corrected chi connectivity index (χ4v) is 5.44. The van der Waals surface area contributed by atoms with Gasteiger partial charge in [0.15, 0.2) is 0 Å². The van der Waals surface area contributed by atoms with Crippen molar-refractivity contribution >= 4 is 33.4 Å². The van der Waals surface area contributed by atoms with Gasteiger partial charge < -0.3 is 14.5 Å². The van der Waals surface area contributed by atoms with Crippen molar-refractivity contribution in [1.82, 2.24) is 14.3 Å². The van der Waals surface area contributed by atoms with Gasteiger partial charge in [-0.1, -0.05) is 23.7 Å². The summed E-state index contributed by atoms with van der Waals surface area (Å²) in [6.07, 6.45) is 0. The number of benzene rings is 1. The molecule has 2 aliphatic rings. The molecule has 2 aromatic rings. The lowest BCUT2D eigenvalue weighted by Gasteiger charge is -2.35. The molecule has 0 aliphatic carbocycles. The Hall–Kier alpha value is -1.94. The summed E-state index contributed by atoms with van der Waals surface area (Å²) in [4.78, 5) is 13.6. The van der Waals surface area contributed by atoms with Gasteiger partial charge in [0.1, 0.15) is 5.82 Å². The number of hydrogen-bond donors (Lipinski definition) is 0. The highest BCUT2D eigenvalue weighted by Gasteiger charge is 2.28. The molecule has 0 radical (unpaired) electrons. The van der Waals surface area contributed by atoms with E-state index in [-0.39, 0.29) is 5.75 Å². The second kappa shape index (κ2) is 9.05. The van der Waals surface area contributed by atoms with Crippen molar-refractivity contribution in [2.24, 2.45) is 0 Å². The van der Waals surface area contributed by atoms with Crippen LogP contribution in [0.5, 0.6) is 0 Å². The third-order valence-corrected chi connectivity index (χ3v) is 7.40. The first-order valence-corrected chi connectivity index (χ1v) is 12.0. The Balaban J connectivity index is 1.42. The Morgan fingerprint density at radius 2 is 1.73 bits per heavy atom. The summed E-state index contributed by atoms with van der Waals surface area (Å²) in [6.45, 7) is 6.91. The zero-order chi connectivity index (χ0) is 21.1. The van der Waals surface area contributed by atoms with Gasteiger partial charge in [0.2, 0.25) is 16.0 Å². The number of rotatable bonds is 5. The van der Waals surface area contributed by atoms with Crippen molar-refractivity contribution in [1.29, 1.82) is 0 Å². The van der Waals surface area contributed by atoms with Crippen LogP contribution in [0.15, 0.2) is 30.3 Å². The molecule has 0 amide bonds. The van der Waals surface area contributed by atoms with Crippen LogP contribution in [0, 0.1) is 6.92 Å². The van der Waals surface area contributed by atoms with Gasteiger partial charge in [-0.25, -0.2) is 13.4 Å². The largest absolute Gasteiger partial charge is 0.378 e. The molecule has 2 saturated heterocycles. The van der Waals surface area contributed by atoms with Crippen LogP contribution in [0.1, 0.15) is 11.3 Å². The predicted octanol–water partition coefficient (Wildman–Crippen LogP) is 1.93. The van der Waals surface area contributed by atoms with Gasteiger partial charge in [0.25, 0.3) is 0 Å². The molecule has 8 nitrogen and oxygen atoms in total. The van der Waals surface area contributed by atoms with Gasteiger partial charge in [-0.05, 0) is 24.6 Å². The lowest BCUT2D eigenvalue weighted by Crippen LogP contribution is -2.49. The van der Waals surface area contributed by atoms with Crippen LogP contribution in [0.4, 0.5) is 11.8 Å². The molecule has 3 heterocycles. The standard InChI is InChI=1S/C20H26ClN5O3S/c1-16-13-19(24-9-11-29-12-10-24)23-20(22-16)25-5-7-26(8-6-25)30(27,28)15-17-3-2-4-18(21)14-17/h2-4,13-14H,5-12,15H2,1H3. The second-order valence-corrected chi connectivity index (χ2v) is 9.94. The number of morpholine rings is 1. The highest BCUT2D eigenvalue weighted by atomic mass is 35.5. The zero-order valence-corrected chi connectivity index (χ0v) is 18.6. The molecular formula is C20H26ClN5O3S. The molecule has 1 aromatic carbocycles. The van der Waals surface area contributed by atoms with E-state index >= 15 is 0 Å². The predicted molar refractivity (Wildman–Crippen MR) is 118 cm³/mol. The van der Waals surface area contributed by atoms with Gasteiger partial charge >= 0.3 is 0 Å².